The van der Waals surface area contributed by atoms with Gasteiger partial charge in [-0.25, -0.2) is 9.99 Å². The quantitative estimate of drug-likeness (QED) is 0.668. The lowest BCUT2D eigenvalue weighted by Crippen LogP contribution is -2.49. The number of aromatic nitrogens is 2. The highest BCUT2D eigenvalue weighted by Gasteiger charge is 2.17. The Hall–Kier alpha value is -2.32. The summed E-state index contributed by atoms with van der Waals surface area (Å²) in [6, 6.07) is 7.69. The molecule has 1 fully saturated rings. The molecule has 0 saturated carbocycles. The van der Waals surface area contributed by atoms with E-state index in [2.05, 4.69) is 17.0 Å². The van der Waals surface area contributed by atoms with Crippen molar-refractivity contribution in [3.8, 4) is 17.0 Å². The minimum atomic E-state index is -0.120. The molecule has 3 heterocycles. The molecular formula is C19H22ClN5O2. The number of aliphatic hydroxyl groups is 1. The molecule has 0 spiro atoms. The first-order valence-electron chi connectivity index (χ1n) is 8.80. The van der Waals surface area contributed by atoms with Crippen molar-refractivity contribution in [3.05, 3.63) is 47.2 Å². The predicted molar refractivity (Wildman–Crippen MR) is 106 cm³/mol. The number of fused-ring (bicyclic) bond motifs is 1. The number of aliphatic hydroxyl groups excluding tert-OH is 1. The van der Waals surface area contributed by atoms with Gasteiger partial charge < -0.3 is 19.1 Å². The highest BCUT2D eigenvalue weighted by molar-refractivity contribution is 6.32. The van der Waals surface area contributed by atoms with E-state index in [1.54, 1.807) is 19.2 Å². The zero-order valence-electron chi connectivity index (χ0n) is 15.1. The highest BCUT2D eigenvalue weighted by atomic mass is 35.5. The number of rotatable bonds is 4. The Morgan fingerprint density at radius 1 is 1.22 bits per heavy atom. The number of hydrogen-bond acceptors (Lipinski definition) is 6. The van der Waals surface area contributed by atoms with Gasteiger partial charge in [0.2, 0.25) is 0 Å². The third kappa shape index (κ3) is 3.46. The summed E-state index contributed by atoms with van der Waals surface area (Å²) in [6.45, 7) is 3.35. The van der Waals surface area contributed by atoms with Crippen LogP contribution in [0.4, 0.5) is 5.69 Å². The van der Waals surface area contributed by atoms with Gasteiger partial charge in [-0.05, 0) is 23.8 Å². The lowest BCUT2D eigenvalue weighted by atomic mass is 10.1. The molecule has 0 amide bonds. The van der Waals surface area contributed by atoms with Gasteiger partial charge in [-0.2, -0.15) is 0 Å². The Labute approximate surface area is 162 Å². The molecule has 3 aromatic rings. The Balaban J connectivity index is 1.71. The number of piperazine rings is 1. The fraction of sp³-hybridized carbons (Fsp3) is 0.316. The molecule has 1 aliphatic heterocycles. The molecule has 0 unspecified atom stereocenters. The van der Waals surface area contributed by atoms with Crippen molar-refractivity contribution in [2.45, 2.75) is 6.61 Å². The number of methoxy groups -OCH3 is 1. The Morgan fingerprint density at radius 3 is 2.70 bits per heavy atom. The fourth-order valence-electron chi connectivity index (χ4n) is 3.40. The van der Waals surface area contributed by atoms with E-state index in [0.29, 0.717) is 10.8 Å². The van der Waals surface area contributed by atoms with Gasteiger partial charge in [0.15, 0.2) is 0 Å². The molecule has 2 aromatic heterocycles. The van der Waals surface area contributed by atoms with Crippen LogP contribution < -0.4 is 15.5 Å². The van der Waals surface area contributed by atoms with Crippen molar-refractivity contribution in [2.24, 2.45) is 5.84 Å². The van der Waals surface area contributed by atoms with Crippen LogP contribution in [0.25, 0.3) is 16.9 Å². The van der Waals surface area contributed by atoms with Crippen LogP contribution in [0.1, 0.15) is 5.56 Å². The number of nitrogens with two attached hydrogens (primary N) is 1. The first-order valence-corrected chi connectivity index (χ1v) is 9.18. The number of pyridine rings is 1. The number of ether oxygens (including phenoxy) is 1. The molecule has 1 aliphatic rings. The van der Waals surface area contributed by atoms with Gasteiger partial charge in [-0.1, -0.05) is 11.6 Å². The monoisotopic (exact) mass is 387 g/mol. The maximum atomic E-state index is 9.75. The van der Waals surface area contributed by atoms with Gasteiger partial charge in [0.1, 0.15) is 11.4 Å². The molecule has 0 aliphatic carbocycles. The minimum Gasteiger partial charge on any atom is -0.495 e. The molecule has 4 rings (SSSR count). The number of anilines is 1. The second-order valence-corrected chi connectivity index (χ2v) is 7.01. The summed E-state index contributed by atoms with van der Waals surface area (Å²) in [4.78, 5) is 7.06. The van der Waals surface area contributed by atoms with Gasteiger partial charge in [-0.15, -0.1) is 0 Å². The van der Waals surface area contributed by atoms with E-state index in [9.17, 15) is 5.11 Å². The van der Waals surface area contributed by atoms with Crippen molar-refractivity contribution in [1.82, 2.24) is 14.4 Å². The highest BCUT2D eigenvalue weighted by Crippen LogP contribution is 2.34. The van der Waals surface area contributed by atoms with Crippen LogP contribution in [0.2, 0.25) is 5.02 Å². The lowest BCUT2D eigenvalue weighted by Gasteiger charge is -2.33. The van der Waals surface area contributed by atoms with Gasteiger partial charge in [0, 0.05) is 55.9 Å². The van der Waals surface area contributed by atoms with Crippen LogP contribution in [0.5, 0.6) is 5.75 Å². The standard InChI is InChI=1S/C19H22ClN5O2/c1-27-18-8-13(12-26)15(10-16(18)20)17-11-24-3-2-14(9-19(24)22-17)23-4-6-25(21)7-5-23/h2-3,8-11,26H,4-7,12,21H2,1H3. The molecule has 0 bridgehead atoms. The van der Waals surface area contributed by atoms with Crippen molar-refractivity contribution < 1.29 is 9.84 Å². The van der Waals surface area contributed by atoms with Crippen molar-refractivity contribution in [2.75, 3.05) is 38.2 Å². The van der Waals surface area contributed by atoms with Gasteiger partial charge in [-0.3, -0.25) is 5.84 Å². The summed E-state index contributed by atoms with van der Waals surface area (Å²) in [5.41, 5.74) is 4.24. The SMILES string of the molecule is COc1cc(CO)c(-c2cn3ccc(N4CCN(N)CC4)cc3n2)cc1Cl. The molecule has 7 nitrogen and oxygen atoms in total. The average Bonchev–Trinajstić information content (AvgIpc) is 3.11. The third-order valence-electron chi connectivity index (χ3n) is 4.95. The number of nitrogens with zero attached hydrogens (tertiary/aromatic N) is 4. The van der Waals surface area contributed by atoms with Crippen LogP contribution >= 0.6 is 11.6 Å². The summed E-state index contributed by atoms with van der Waals surface area (Å²) in [7, 11) is 1.55. The molecular weight excluding hydrogens is 366 g/mol. The predicted octanol–water partition coefficient (Wildman–Crippen LogP) is 2.15. The summed E-state index contributed by atoms with van der Waals surface area (Å²) >= 11 is 6.28. The van der Waals surface area contributed by atoms with E-state index in [1.165, 1.54) is 0 Å². The molecule has 0 radical (unpaired) electrons. The molecule has 0 atom stereocenters. The van der Waals surface area contributed by atoms with Crippen LogP contribution in [0.3, 0.4) is 0 Å². The summed E-state index contributed by atoms with van der Waals surface area (Å²) in [5.74, 6) is 6.38. The van der Waals surface area contributed by atoms with Crippen molar-refractivity contribution in [3.63, 3.8) is 0 Å². The zero-order chi connectivity index (χ0) is 19.0. The van der Waals surface area contributed by atoms with E-state index < -0.39 is 0 Å². The number of imidazole rings is 1. The summed E-state index contributed by atoms with van der Waals surface area (Å²) < 4.78 is 7.21. The number of hydrogen-bond donors (Lipinski definition) is 2. The smallest absolute Gasteiger partial charge is 0.139 e. The van der Waals surface area contributed by atoms with Gasteiger partial charge in [0.25, 0.3) is 0 Å². The maximum absolute atomic E-state index is 9.75. The second kappa shape index (κ2) is 7.36. The van der Waals surface area contributed by atoms with Crippen LogP contribution in [-0.4, -0.2) is 52.8 Å². The summed E-state index contributed by atoms with van der Waals surface area (Å²) in [6.07, 6.45) is 3.94. The number of benzene rings is 1. The van der Waals surface area contributed by atoms with Crippen molar-refractivity contribution in [1.29, 1.82) is 0 Å². The molecule has 142 valence electrons. The zero-order valence-corrected chi connectivity index (χ0v) is 15.9. The normalized spacial score (nSPS) is 15.5. The largest absolute Gasteiger partial charge is 0.495 e. The third-order valence-corrected chi connectivity index (χ3v) is 5.24. The molecule has 1 saturated heterocycles. The molecule has 27 heavy (non-hydrogen) atoms. The van der Waals surface area contributed by atoms with Crippen LogP contribution in [0.15, 0.2) is 36.7 Å². The van der Waals surface area contributed by atoms with E-state index in [-0.39, 0.29) is 6.61 Å². The molecule has 3 N–H and O–H groups in total. The maximum Gasteiger partial charge on any atom is 0.139 e. The van der Waals surface area contributed by atoms with Crippen molar-refractivity contribution >= 4 is 22.9 Å². The average molecular weight is 388 g/mol. The van der Waals surface area contributed by atoms with E-state index >= 15 is 0 Å². The minimum absolute atomic E-state index is 0.120. The van der Waals surface area contributed by atoms with Crippen LogP contribution in [0, 0.1) is 0 Å². The molecule has 8 heteroatoms. The number of halogens is 1. The fourth-order valence-corrected chi connectivity index (χ4v) is 3.64. The lowest BCUT2D eigenvalue weighted by molar-refractivity contribution is 0.266. The van der Waals surface area contributed by atoms with E-state index in [1.807, 2.05) is 21.8 Å². The Kier molecular flexibility index (Phi) is 4.92. The molecule has 1 aromatic carbocycles. The first kappa shape index (κ1) is 18.1. The van der Waals surface area contributed by atoms with Gasteiger partial charge in [0.05, 0.1) is 24.4 Å². The van der Waals surface area contributed by atoms with Crippen LogP contribution in [-0.2, 0) is 6.61 Å². The first-order chi connectivity index (χ1) is 13.1. The summed E-state index contributed by atoms with van der Waals surface area (Å²) in [5, 5.41) is 12.1. The van der Waals surface area contributed by atoms with E-state index in [0.717, 1.165) is 54.3 Å². The Bertz CT molecular complexity index is 966. The topological polar surface area (TPSA) is 79.3 Å². The Morgan fingerprint density at radius 2 is 2.00 bits per heavy atom. The second-order valence-electron chi connectivity index (χ2n) is 6.60. The van der Waals surface area contributed by atoms with Gasteiger partial charge >= 0.3 is 0 Å². The number of hydrazine groups is 1. The van der Waals surface area contributed by atoms with E-state index in [4.69, 9.17) is 27.2 Å².